The van der Waals surface area contributed by atoms with Crippen molar-refractivity contribution in [3.63, 3.8) is 0 Å². The van der Waals surface area contributed by atoms with Crippen LogP contribution in [0.2, 0.25) is 10.0 Å². The molecule has 2 rings (SSSR count). The molecule has 0 aromatic heterocycles. The molecule has 1 heterocycles. The molecule has 1 aliphatic rings. The van der Waals surface area contributed by atoms with Gasteiger partial charge in [-0.3, -0.25) is 4.90 Å². The Bertz CT molecular complexity index is 426. The van der Waals surface area contributed by atoms with Crippen LogP contribution in [-0.4, -0.2) is 42.9 Å². The van der Waals surface area contributed by atoms with Crippen molar-refractivity contribution in [3.8, 4) is 5.75 Å². The summed E-state index contributed by atoms with van der Waals surface area (Å²) in [5.41, 5.74) is 0. The third-order valence-electron chi connectivity index (χ3n) is 3.70. The minimum absolute atomic E-state index is 0.287. The minimum Gasteiger partial charge on any atom is -0.491 e. The maximum atomic E-state index is 9.01. The SMILES string of the molecule is OCCC1CCCN(CCOc2ccc(Cl)cc2Cl)C1. The molecule has 1 aromatic rings. The van der Waals surface area contributed by atoms with Crippen molar-refractivity contribution in [1.82, 2.24) is 4.90 Å². The van der Waals surface area contributed by atoms with Gasteiger partial charge in [-0.2, -0.15) is 0 Å². The van der Waals surface area contributed by atoms with E-state index in [1.807, 2.05) is 0 Å². The maximum Gasteiger partial charge on any atom is 0.138 e. The van der Waals surface area contributed by atoms with Crippen LogP contribution in [0.5, 0.6) is 5.75 Å². The van der Waals surface area contributed by atoms with Gasteiger partial charge in [-0.1, -0.05) is 23.2 Å². The first-order valence-corrected chi connectivity index (χ1v) is 7.85. The monoisotopic (exact) mass is 317 g/mol. The summed E-state index contributed by atoms with van der Waals surface area (Å²) in [7, 11) is 0. The third-order valence-corrected chi connectivity index (χ3v) is 4.23. The molecule has 20 heavy (non-hydrogen) atoms. The lowest BCUT2D eigenvalue weighted by Gasteiger charge is -2.32. The van der Waals surface area contributed by atoms with Crippen LogP contribution in [0, 0.1) is 5.92 Å². The van der Waals surface area contributed by atoms with Crippen molar-refractivity contribution in [2.45, 2.75) is 19.3 Å². The first kappa shape index (κ1) is 15.9. The van der Waals surface area contributed by atoms with Crippen LogP contribution >= 0.6 is 23.2 Å². The van der Waals surface area contributed by atoms with Crippen molar-refractivity contribution in [3.05, 3.63) is 28.2 Å². The molecule has 1 unspecified atom stereocenters. The molecule has 1 aliphatic heterocycles. The Balaban J connectivity index is 1.75. The molecule has 0 spiro atoms. The van der Waals surface area contributed by atoms with Gasteiger partial charge in [-0.05, 0) is 49.9 Å². The van der Waals surface area contributed by atoms with Crippen LogP contribution in [0.25, 0.3) is 0 Å². The molecule has 1 N–H and O–H groups in total. The summed E-state index contributed by atoms with van der Waals surface area (Å²) < 4.78 is 5.71. The Morgan fingerprint density at radius 1 is 1.35 bits per heavy atom. The lowest BCUT2D eigenvalue weighted by Crippen LogP contribution is -2.38. The molecule has 1 saturated heterocycles. The largest absolute Gasteiger partial charge is 0.491 e. The number of aliphatic hydroxyl groups excluding tert-OH is 1. The van der Waals surface area contributed by atoms with E-state index in [-0.39, 0.29) is 6.61 Å². The summed E-state index contributed by atoms with van der Waals surface area (Å²) in [6.07, 6.45) is 3.33. The van der Waals surface area contributed by atoms with E-state index in [0.29, 0.717) is 28.3 Å². The van der Waals surface area contributed by atoms with Crippen molar-refractivity contribution >= 4 is 23.2 Å². The molecule has 0 radical (unpaired) electrons. The summed E-state index contributed by atoms with van der Waals surface area (Å²) in [5.74, 6) is 1.30. The van der Waals surface area contributed by atoms with Gasteiger partial charge in [0.1, 0.15) is 12.4 Å². The molecule has 0 aliphatic carbocycles. The van der Waals surface area contributed by atoms with Crippen LogP contribution in [0.3, 0.4) is 0 Å². The maximum absolute atomic E-state index is 9.01. The number of nitrogens with zero attached hydrogens (tertiary/aromatic N) is 1. The fourth-order valence-electron chi connectivity index (χ4n) is 2.65. The average Bonchev–Trinajstić information content (AvgIpc) is 2.42. The van der Waals surface area contributed by atoms with E-state index in [9.17, 15) is 0 Å². The van der Waals surface area contributed by atoms with Gasteiger partial charge in [0.05, 0.1) is 5.02 Å². The average molecular weight is 318 g/mol. The summed E-state index contributed by atoms with van der Waals surface area (Å²) in [4.78, 5) is 2.40. The van der Waals surface area contributed by atoms with Crippen molar-refractivity contribution < 1.29 is 9.84 Å². The molecule has 1 atom stereocenters. The minimum atomic E-state index is 0.287. The van der Waals surface area contributed by atoms with Crippen LogP contribution in [0.1, 0.15) is 19.3 Å². The second kappa shape index (κ2) is 8.08. The van der Waals surface area contributed by atoms with Crippen molar-refractivity contribution in [2.24, 2.45) is 5.92 Å². The second-order valence-corrected chi connectivity index (χ2v) is 6.09. The fraction of sp³-hybridized carbons (Fsp3) is 0.600. The molecular weight excluding hydrogens is 297 g/mol. The first-order valence-electron chi connectivity index (χ1n) is 7.10. The Kier molecular flexibility index (Phi) is 6.43. The number of aliphatic hydroxyl groups is 1. The number of rotatable bonds is 6. The molecule has 0 bridgehead atoms. The van der Waals surface area contributed by atoms with Crippen LogP contribution in [0.4, 0.5) is 0 Å². The van der Waals surface area contributed by atoms with Gasteiger partial charge in [0.25, 0.3) is 0 Å². The van der Waals surface area contributed by atoms with Crippen LogP contribution < -0.4 is 4.74 Å². The van der Waals surface area contributed by atoms with Gasteiger partial charge in [-0.15, -0.1) is 0 Å². The highest BCUT2D eigenvalue weighted by molar-refractivity contribution is 6.35. The number of likely N-dealkylation sites (tertiary alicyclic amines) is 1. The quantitative estimate of drug-likeness (QED) is 0.872. The molecule has 0 amide bonds. The zero-order valence-corrected chi connectivity index (χ0v) is 13.0. The fourth-order valence-corrected chi connectivity index (χ4v) is 3.11. The second-order valence-electron chi connectivity index (χ2n) is 5.24. The van der Waals surface area contributed by atoms with Crippen LogP contribution in [0.15, 0.2) is 18.2 Å². The van der Waals surface area contributed by atoms with E-state index in [2.05, 4.69) is 4.90 Å². The summed E-state index contributed by atoms with van der Waals surface area (Å²) in [5, 5.41) is 10.2. The van der Waals surface area contributed by atoms with Gasteiger partial charge in [0, 0.05) is 24.7 Å². The van der Waals surface area contributed by atoms with Gasteiger partial charge < -0.3 is 9.84 Å². The van der Waals surface area contributed by atoms with Gasteiger partial charge in [0.2, 0.25) is 0 Å². The number of ether oxygens (including phenoxy) is 1. The summed E-state index contributed by atoms with van der Waals surface area (Å²) in [6, 6.07) is 5.27. The zero-order chi connectivity index (χ0) is 14.4. The summed E-state index contributed by atoms with van der Waals surface area (Å²) in [6.45, 7) is 3.96. The highest BCUT2D eigenvalue weighted by Crippen LogP contribution is 2.27. The molecule has 5 heteroatoms. The normalized spacial score (nSPS) is 20.1. The number of hydrogen-bond donors (Lipinski definition) is 1. The molecule has 1 aromatic carbocycles. The Hall–Kier alpha value is -0.480. The molecule has 112 valence electrons. The predicted octanol–water partition coefficient (Wildman–Crippen LogP) is 3.47. The van der Waals surface area contributed by atoms with Gasteiger partial charge >= 0.3 is 0 Å². The van der Waals surface area contributed by atoms with E-state index in [4.69, 9.17) is 33.0 Å². The standard InChI is InChI=1S/C15H21Cl2NO2/c16-13-3-4-15(14(17)10-13)20-9-7-18-6-1-2-12(11-18)5-8-19/h3-4,10,12,19H,1-2,5-9,11H2. The van der Waals surface area contributed by atoms with Crippen LogP contribution in [-0.2, 0) is 0 Å². The van der Waals surface area contributed by atoms with Crippen molar-refractivity contribution in [1.29, 1.82) is 0 Å². The van der Waals surface area contributed by atoms with E-state index < -0.39 is 0 Å². The number of benzene rings is 1. The molecule has 3 nitrogen and oxygen atoms in total. The smallest absolute Gasteiger partial charge is 0.138 e. The molecular formula is C15H21Cl2NO2. The lowest BCUT2D eigenvalue weighted by molar-refractivity contribution is 0.129. The van der Waals surface area contributed by atoms with E-state index in [1.54, 1.807) is 18.2 Å². The number of hydrogen-bond acceptors (Lipinski definition) is 3. The van der Waals surface area contributed by atoms with Crippen molar-refractivity contribution in [2.75, 3.05) is 32.8 Å². The number of halogens is 2. The number of piperidine rings is 1. The summed E-state index contributed by atoms with van der Waals surface area (Å²) >= 11 is 11.9. The Labute approximate surface area is 130 Å². The third kappa shape index (κ3) is 4.81. The van der Waals surface area contributed by atoms with Gasteiger partial charge in [0.15, 0.2) is 0 Å². The first-order chi connectivity index (χ1) is 9.69. The lowest BCUT2D eigenvalue weighted by atomic mass is 9.95. The predicted molar refractivity (Wildman–Crippen MR) is 82.8 cm³/mol. The zero-order valence-electron chi connectivity index (χ0n) is 11.5. The van der Waals surface area contributed by atoms with E-state index in [0.717, 1.165) is 26.1 Å². The molecule has 1 fully saturated rings. The van der Waals surface area contributed by atoms with E-state index >= 15 is 0 Å². The van der Waals surface area contributed by atoms with E-state index in [1.165, 1.54) is 12.8 Å². The highest BCUT2D eigenvalue weighted by Gasteiger charge is 2.19. The van der Waals surface area contributed by atoms with Gasteiger partial charge in [-0.25, -0.2) is 0 Å². The highest BCUT2D eigenvalue weighted by atomic mass is 35.5. The topological polar surface area (TPSA) is 32.7 Å². The Morgan fingerprint density at radius 2 is 2.20 bits per heavy atom. The Morgan fingerprint density at radius 3 is 2.95 bits per heavy atom. The molecule has 0 saturated carbocycles.